The average molecular weight is 154 g/mol. The fourth-order valence-corrected chi connectivity index (χ4v) is 0.555. The van der Waals surface area contributed by atoms with Crippen LogP contribution in [0.15, 0.2) is 5.11 Å². The normalized spacial score (nSPS) is 9.09. The first-order chi connectivity index (χ1) is 5.34. The number of rotatable bonds is 3. The minimum atomic E-state index is 0.220. The summed E-state index contributed by atoms with van der Waals surface area (Å²) in [5, 5.41) is 13.6. The zero-order valence-electron chi connectivity index (χ0n) is 5.62. The first-order valence-electron chi connectivity index (χ1n) is 2.87. The summed E-state index contributed by atoms with van der Waals surface area (Å²) in [7, 11) is 0. The van der Waals surface area contributed by atoms with Gasteiger partial charge in [0.15, 0.2) is 0 Å². The van der Waals surface area contributed by atoms with E-state index < -0.39 is 0 Å². The number of hydrogen-bond acceptors (Lipinski definition) is 5. The predicted octanol–water partition coefficient (Wildman–Crippen LogP) is -0.434. The maximum absolute atomic E-state index is 7.93. The first-order valence-corrected chi connectivity index (χ1v) is 2.87. The second-order valence-electron chi connectivity index (χ2n) is 1.71. The van der Waals surface area contributed by atoms with Gasteiger partial charge in [0, 0.05) is 11.5 Å². The van der Waals surface area contributed by atoms with E-state index in [1.54, 1.807) is 0 Å². The molecule has 0 saturated carbocycles. The molecular formula is C3H6N8. The van der Waals surface area contributed by atoms with E-state index in [1.165, 1.54) is 4.68 Å². The van der Waals surface area contributed by atoms with Gasteiger partial charge in [0.2, 0.25) is 5.95 Å². The number of hydrogen-bond donors (Lipinski definition) is 1. The summed E-state index contributed by atoms with van der Waals surface area (Å²) in [6.45, 7) is 0.703. The van der Waals surface area contributed by atoms with E-state index in [9.17, 15) is 0 Å². The predicted molar refractivity (Wildman–Crippen MR) is 36.2 cm³/mol. The molecule has 0 spiro atoms. The number of nitrogen functional groups attached to an aromatic ring is 1. The second-order valence-corrected chi connectivity index (χ2v) is 1.71. The summed E-state index contributed by atoms with van der Waals surface area (Å²) in [5.41, 5.74) is 13.2. The lowest BCUT2D eigenvalue weighted by molar-refractivity contribution is 0.603. The van der Waals surface area contributed by atoms with Crippen LogP contribution in [-0.2, 0) is 6.54 Å². The van der Waals surface area contributed by atoms with Crippen molar-refractivity contribution >= 4 is 5.95 Å². The Kier molecular flexibility index (Phi) is 2.24. The molecule has 1 aromatic heterocycles. The molecule has 0 aliphatic heterocycles. The number of nitrogens with zero attached hydrogens (tertiary/aromatic N) is 7. The Morgan fingerprint density at radius 3 is 3.09 bits per heavy atom. The van der Waals surface area contributed by atoms with Gasteiger partial charge in [-0.1, -0.05) is 10.2 Å². The van der Waals surface area contributed by atoms with Gasteiger partial charge >= 0.3 is 0 Å². The summed E-state index contributed by atoms with van der Waals surface area (Å²) in [4.78, 5) is 2.57. The molecule has 0 aromatic carbocycles. The van der Waals surface area contributed by atoms with Crippen LogP contribution in [-0.4, -0.2) is 26.8 Å². The molecule has 58 valence electrons. The second kappa shape index (κ2) is 3.37. The Hall–Kier alpha value is -1.82. The van der Waals surface area contributed by atoms with Crippen LogP contribution in [0.4, 0.5) is 5.95 Å². The lowest BCUT2D eigenvalue weighted by atomic mass is 10.6. The van der Waals surface area contributed by atoms with Crippen LogP contribution in [0.25, 0.3) is 10.4 Å². The summed E-state index contributed by atoms with van der Waals surface area (Å²) in [6.07, 6.45) is 0. The maximum Gasteiger partial charge on any atom is 0.240 e. The molecule has 0 atom stereocenters. The van der Waals surface area contributed by atoms with Crippen LogP contribution in [0.3, 0.4) is 0 Å². The Bertz CT molecular complexity index is 269. The van der Waals surface area contributed by atoms with Gasteiger partial charge in [0.25, 0.3) is 0 Å². The molecule has 0 saturated heterocycles. The highest BCUT2D eigenvalue weighted by Gasteiger charge is 1.97. The molecule has 1 heterocycles. The molecule has 0 aliphatic carbocycles. The van der Waals surface area contributed by atoms with Gasteiger partial charge in [-0.3, -0.25) is 0 Å². The minimum absolute atomic E-state index is 0.220. The van der Waals surface area contributed by atoms with Crippen LogP contribution >= 0.6 is 0 Å². The number of aromatic nitrogens is 4. The van der Waals surface area contributed by atoms with Gasteiger partial charge in [-0.25, -0.2) is 4.68 Å². The highest BCUT2D eigenvalue weighted by atomic mass is 15.6. The van der Waals surface area contributed by atoms with Crippen LogP contribution in [0.5, 0.6) is 0 Å². The highest BCUT2D eigenvalue weighted by molar-refractivity contribution is 5.09. The lowest BCUT2D eigenvalue weighted by Crippen LogP contribution is -2.07. The van der Waals surface area contributed by atoms with Crippen molar-refractivity contribution < 1.29 is 0 Å². The Labute approximate surface area is 61.6 Å². The molecule has 8 heteroatoms. The van der Waals surface area contributed by atoms with Gasteiger partial charge in [-0.2, -0.15) is 0 Å². The van der Waals surface area contributed by atoms with Crippen molar-refractivity contribution in [2.24, 2.45) is 5.11 Å². The molecule has 0 aliphatic rings. The van der Waals surface area contributed by atoms with Crippen molar-refractivity contribution in [2.45, 2.75) is 6.54 Å². The number of tetrazole rings is 1. The van der Waals surface area contributed by atoms with Gasteiger partial charge in [-0.15, -0.1) is 0 Å². The van der Waals surface area contributed by atoms with Gasteiger partial charge in [0.05, 0.1) is 6.54 Å². The minimum Gasteiger partial charge on any atom is -0.367 e. The van der Waals surface area contributed by atoms with Crippen molar-refractivity contribution in [3.8, 4) is 0 Å². The van der Waals surface area contributed by atoms with Crippen LogP contribution in [0.2, 0.25) is 0 Å². The third-order valence-corrected chi connectivity index (χ3v) is 1.03. The van der Waals surface area contributed by atoms with Crippen LogP contribution in [0, 0.1) is 0 Å². The van der Waals surface area contributed by atoms with E-state index in [-0.39, 0.29) is 5.95 Å². The van der Waals surface area contributed by atoms with Crippen LogP contribution < -0.4 is 5.73 Å². The summed E-state index contributed by atoms with van der Waals surface area (Å²) in [6, 6.07) is 0. The van der Waals surface area contributed by atoms with E-state index in [2.05, 4.69) is 25.6 Å². The van der Waals surface area contributed by atoms with Gasteiger partial charge in [-0.05, 0) is 16.0 Å². The third kappa shape index (κ3) is 1.80. The van der Waals surface area contributed by atoms with E-state index in [1.807, 2.05) is 0 Å². The Balaban J connectivity index is 2.50. The molecular weight excluding hydrogens is 148 g/mol. The maximum atomic E-state index is 7.93. The summed E-state index contributed by atoms with van der Waals surface area (Å²) in [5.74, 6) is 0.220. The molecule has 0 amide bonds. The molecule has 1 aromatic rings. The Morgan fingerprint density at radius 2 is 2.55 bits per heavy atom. The molecule has 0 radical (unpaired) electrons. The SMILES string of the molecule is [N-]=[N+]=NCCn1nnnc1N. The molecule has 8 nitrogen and oxygen atoms in total. The number of nitrogens with two attached hydrogens (primary N) is 1. The van der Waals surface area contributed by atoms with Crippen LogP contribution in [0.1, 0.15) is 0 Å². The first kappa shape index (κ1) is 7.29. The monoisotopic (exact) mass is 154 g/mol. The number of azide groups is 1. The molecule has 2 N–H and O–H groups in total. The van der Waals surface area contributed by atoms with Crippen molar-refractivity contribution in [2.75, 3.05) is 12.3 Å². The molecule has 0 fully saturated rings. The molecule has 0 unspecified atom stereocenters. The fourth-order valence-electron chi connectivity index (χ4n) is 0.555. The fraction of sp³-hybridized carbons (Fsp3) is 0.667. The zero-order chi connectivity index (χ0) is 8.10. The lowest BCUT2D eigenvalue weighted by Gasteiger charge is -1.94. The number of anilines is 1. The van der Waals surface area contributed by atoms with E-state index >= 15 is 0 Å². The average Bonchev–Trinajstić information content (AvgIpc) is 2.37. The van der Waals surface area contributed by atoms with E-state index in [0.717, 1.165) is 0 Å². The van der Waals surface area contributed by atoms with Crippen molar-refractivity contribution in [3.63, 3.8) is 0 Å². The standard InChI is InChI=1S/C3H6N8/c4-3-7-9-10-11(3)2-1-6-8-5/h1-2H2,(H2,4,7,10). The Morgan fingerprint density at radius 1 is 1.73 bits per heavy atom. The molecule has 0 bridgehead atoms. The summed E-state index contributed by atoms with van der Waals surface area (Å²) >= 11 is 0. The van der Waals surface area contributed by atoms with E-state index in [4.69, 9.17) is 11.3 Å². The van der Waals surface area contributed by atoms with Crippen molar-refractivity contribution in [3.05, 3.63) is 10.4 Å². The van der Waals surface area contributed by atoms with Crippen molar-refractivity contribution in [1.29, 1.82) is 0 Å². The molecule has 11 heavy (non-hydrogen) atoms. The zero-order valence-corrected chi connectivity index (χ0v) is 5.62. The topological polar surface area (TPSA) is 118 Å². The summed E-state index contributed by atoms with van der Waals surface area (Å²) < 4.78 is 1.36. The quantitative estimate of drug-likeness (QED) is 0.360. The van der Waals surface area contributed by atoms with Gasteiger partial charge in [0.1, 0.15) is 0 Å². The third-order valence-electron chi connectivity index (χ3n) is 1.03. The smallest absolute Gasteiger partial charge is 0.240 e. The largest absolute Gasteiger partial charge is 0.367 e. The highest BCUT2D eigenvalue weighted by Crippen LogP contribution is 1.90. The van der Waals surface area contributed by atoms with Gasteiger partial charge < -0.3 is 5.73 Å². The van der Waals surface area contributed by atoms with E-state index in [0.29, 0.717) is 13.1 Å². The van der Waals surface area contributed by atoms with Crippen molar-refractivity contribution in [1.82, 2.24) is 20.2 Å². The molecule has 1 rings (SSSR count).